The number of aliphatic hydroxyl groups is 1. The number of rotatable bonds is 2. The zero-order chi connectivity index (χ0) is 22.8. The predicted molar refractivity (Wildman–Crippen MR) is 111 cm³/mol. The third kappa shape index (κ3) is 3.14. The van der Waals surface area contributed by atoms with E-state index in [4.69, 9.17) is 0 Å². The smallest absolute Gasteiger partial charge is 0.379 e. The number of hydrogen-bond donors (Lipinski definition) is 2. The van der Waals surface area contributed by atoms with E-state index in [1.165, 1.54) is 13.1 Å². The summed E-state index contributed by atoms with van der Waals surface area (Å²) in [6, 6.07) is 4.21. The highest BCUT2D eigenvalue weighted by Crippen LogP contribution is 2.56. The molecule has 3 atom stereocenters. The lowest BCUT2D eigenvalue weighted by molar-refractivity contribution is -0.273. The van der Waals surface area contributed by atoms with Crippen LogP contribution in [0.25, 0.3) is 10.9 Å². The number of aryl methyl sites for hydroxylation is 1. The zero-order valence-corrected chi connectivity index (χ0v) is 17.6. The maximum atomic E-state index is 14.3. The Morgan fingerprint density at radius 1 is 1.25 bits per heavy atom. The lowest BCUT2D eigenvalue weighted by Crippen LogP contribution is -2.56. The molecule has 1 aliphatic heterocycles. The number of aromatic nitrogens is 2. The van der Waals surface area contributed by atoms with Crippen LogP contribution in [-0.4, -0.2) is 32.6 Å². The van der Waals surface area contributed by atoms with Crippen LogP contribution < -0.4 is 5.32 Å². The van der Waals surface area contributed by atoms with Crippen LogP contribution in [0.3, 0.4) is 0 Å². The number of nitrogens with one attached hydrogen (secondary N) is 1. The third-order valence-corrected chi connectivity index (χ3v) is 7.36. The molecule has 5 rings (SSSR count). The largest absolute Gasteiger partial charge is 0.419 e. The molecular formula is C22H18F5N3OS. The Bertz CT molecular complexity index is 1230. The van der Waals surface area contributed by atoms with Crippen molar-refractivity contribution >= 4 is 28.4 Å². The van der Waals surface area contributed by atoms with Crippen LogP contribution in [-0.2, 0) is 0 Å². The fraction of sp³-hybridized carbons (Fsp3) is 0.364. The van der Waals surface area contributed by atoms with E-state index >= 15 is 0 Å². The van der Waals surface area contributed by atoms with Gasteiger partial charge in [0.2, 0.25) is 0 Å². The summed E-state index contributed by atoms with van der Waals surface area (Å²) in [5.74, 6) is -2.06. The number of fused-ring (bicyclic) bond motifs is 1. The second-order valence-electron chi connectivity index (χ2n) is 8.20. The van der Waals surface area contributed by atoms with E-state index in [-0.39, 0.29) is 22.4 Å². The van der Waals surface area contributed by atoms with Crippen molar-refractivity contribution < 1.29 is 27.1 Å². The first-order valence-electron chi connectivity index (χ1n) is 10.0. The molecule has 2 heterocycles. The summed E-state index contributed by atoms with van der Waals surface area (Å²) in [6.07, 6.45) is -3.72. The molecule has 0 fully saturated rings. The fourth-order valence-corrected chi connectivity index (χ4v) is 5.99. The van der Waals surface area contributed by atoms with Gasteiger partial charge in [0.25, 0.3) is 0 Å². The molecule has 1 aromatic heterocycles. The van der Waals surface area contributed by atoms with E-state index in [0.717, 1.165) is 16.5 Å². The standard InChI is InChI=1S/C22H18F5N3OS/c1-10-28-9-13-15(7-14(23)18(24)19(13)29-10)30-20-12-3-2-4-16-17(12)11(5-6-32-16)8-21(20,31)22(25,26)27/h2-4,7,9,11,20,30-31H,5-6,8H2,1H3. The van der Waals surface area contributed by atoms with Crippen LogP contribution in [0.4, 0.5) is 27.6 Å². The van der Waals surface area contributed by atoms with E-state index in [9.17, 15) is 27.1 Å². The van der Waals surface area contributed by atoms with Crippen molar-refractivity contribution in [3.63, 3.8) is 0 Å². The number of benzene rings is 2. The minimum atomic E-state index is -4.95. The van der Waals surface area contributed by atoms with Gasteiger partial charge in [-0.3, -0.25) is 0 Å². The Labute approximate surface area is 184 Å². The summed E-state index contributed by atoms with van der Waals surface area (Å²) in [4.78, 5) is 8.77. The third-order valence-electron chi connectivity index (χ3n) is 6.26. The van der Waals surface area contributed by atoms with Gasteiger partial charge in [-0.15, -0.1) is 11.8 Å². The van der Waals surface area contributed by atoms with Gasteiger partial charge in [-0.2, -0.15) is 13.2 Å². The minimum absolute atomic E-state index is 0.0281. The first-order valence-corrected chi connectivity index (χ1v) is 11.0. The van der Waals surface area contributed by atoms with Gasteiger partial charge in [-0.25, -0.2) is 18.7 Å². The average molecular weight is 467 g/mol. The second kappa shape index (κ2) is 7.28. The van der Waals surface area contributed by atoms with Gasteiger partial charge in [0.15, 0.2) is 17.2 Å². The van der Waals surface area contributed by atoms with Crippen LogP contribution in [0.15, 0.2) is 35.4 Å². The molecular weight excluding hydrogens is 449 g/mol. The first-order chi connectivity index (χ1) is 15.1. The van der Waals surface area contributed by atoms with Gasteiger partial charge >= 0.3 is 6.18 Å². The topological polar surface area (TPSA) is 58.0 Å². The van der Waals surface area contributed by atoms with Crippen molar-refractivity contribution in [2.24, 2.45) is 0 Å². The highest BCUT2D eigenvalue weighted by molar-refractivity contribution is 7.99. The van der Waals surface area contributed by atoms with Gasteiger partial charge < -0.3 is 10.4 Å². The fourth-order valence-electron chi connectivity index (χ4n) is 4.75. The van der Waals surface area contributed by atoms with Gasteiger partial charge in [-0.1, -0.05) is 12.1 Å². The van der Waals surface area contributed by atoms with Crippen molar-refractivity contribution in [1.82, 2.24) is 9.97 Å². The molecule has 0 saturated heterocycles. The molecule has 168 valence electrons. The number of anilines is 1. The van der Waals surface area contributed by atoms with Crippen LogP contribution >= 0.6 is 11.8 Å². The molecule has 0 saturated carbocycles. The van der Waals surface area contributed by atoms with Gasteiger partial charge in [0.1, 0.15) is 11.3 Å². The van der Waals surface area contributed by atoms with Crippen LogP contribution in [0.1, 0.15) is 41.8 Å². The van der Waals surface area contributed by atoms with Gasteiger partial charge in [0, 0.05) is 28.2 Å². The molecule has 10 heteroatoms. The van der Waals surface area contributed by atoms with Crippen LogP contribution in [0, 0.1) is 18.6 Å². The van der Waals surface area contributed by atoms with Gasteiger partial charge in [0.05, 0.1) is 6.04 Å². The maximum absolute atomic E-state index is 14.3. The number of hydrogen-bond acceptors (Lipinski definition) is 5. The average Bonchev–Trinajstić information content (AvgIpc) is 2.73. The van der Waals surface area contributed by atoms with Crippen molar-refractivity contribution in [3.8, 4) is 0 Å². The molecule has 1 aliphatic carbocycles. The SMILES string of the molecule is Cc1ncc2c(NC3c4cccc5c4C(CCS5)CC3(O)C(F)(F)F)cc(F)c(F)c2n1. The normalized spacial score (nSPS) is 25.0. The molecule has 0 amide bonds. The summed E-state index contributed by atoms with van der Waals surface area (Å²) >= 11 is 1.56. The monoisotopic (exact) mass is 467 g/mol. The quantitative estimate of drug-likeness (QED) is 0.478. The summed E-state index contributed by atoms with van der Waals surface area (Å²) < 4.78 is 71.5. The molecule has 2 aliphatic rings. The molecule has 0 spiro atoms. The van der Waals surface area contributed by atoms with E-state index in [1.54, 1.807) is 23.9 Å². The Balaban J connectivity index is 1.72. The Hall–Kier alpha value is -2.46. The number of nitrogens with zero attached hydrogens (tertiary/aromatic N) is 2. The Morgan fingerprint density at radius 3 is 2.78 bits per heavy atom. The summed E-state index contributed by atoms with van der Waals surface area (Å²) in [5.41, 5.74) is -2.49. The molecule has 3 unspecified atom stereocenters. The molecule has 32 heavy (non-hydrogen) atoms. The molecule has 0 radical (unpaired) electrons. The molecule has 2 aromatic carbocycles. The minimum Gasteiger partial charge on any atom is -0.379 e. The zero-order valence-electron chi connectivity index (χ0n) is 16.8. The second-order valence-corrected chi connectivity index (χ2v) is 9.33. The van der Waals surface area contributed by atoms with Crippen LogP contribution in [0.2, 0.25) is 0 Å². The maximum Gasteiger partial charge on any atom is 0.419 e. The Morgan fingerprint density at radius 2 is 2.03 bits per heavy atom. The summed E-state index contributed by atoms with van der Waals surface area (Å²) in [5, 5.41) is 13.8. The molecule has 4 nitrogen and oxygen atoms in total. The molecule has 2 N–H and O–H groups in total. The predicted octanol–water partition coefficient (Wildman–Crippen LogP) is 5.65. The van der Waals surface area contributed by atoms with Crippen molar-refractivity contribution in [1.29, 1.82) is 0 Å². The highest BCUT2D eigenvalue weighted by Gasteiger charge is 2.62. The van der Waals surface area contributed by atoms with E-state index < -0.39 is 41.8 Å². The lowest BCUT2D eigenvalue weighted by Gasteiger charge is -2.47. The van der Waals surface area contributed by atoms with E-state index in [1.807, 2.05) is 6.07 Å². The summed E-state index contributed by atoms with van der Waals surface area (Å²) in [6.45, 7) is 1.49. The van der Waals surface area contributed by atoms with Crippen molar-refractivity contribution in [2.75, 3.05) is 11.1 Å². The lowest BCUT2D eigenvalue weighted by atomic mass is 9.69. The van der Waals surface area contributed by atoms with Crippen LogP contribution in [0.5, 0.6) is 0 Å². The number of alkyl halides is 3. The molecule has 0 bridgehead atoms. The van der Waals surface area contributed by atoms with E-state index in [0.29, 0.717) is 17.7 Å². The summed E-state index contributed by atoms with van der Waals surface area (Å²) in [7, 11) is 0. The van der Waals surface area contributed by atoms with Crippen molar-refractivity contribution in [2.45, 2.75) is 48.4 Å². The molecule has 3 aromatic rings. The van der Waals surface area contributed by atoms with E-state index in [2.05, 4.69) is 15.3 Å². The first kappa shape index (κ1) is 21.4. The van der Waals surface area contributed by atoms with Gasteiger partial charge in [-0.05, 0) is 48.6 Å². The Kier molecular flexibility index (Phi) is 4.86. The number of halogens is 5. The number of thioether (sulfide) groups is 1. The highest BCUT2D eigenvalue weighted by atomic mass is 32.2. The van der Waals surface area contributed by atoms with Crippen molar-refractivity contribution in [3.05, 3.63) is 59.0 Å².